The topological polar surface area (TPSA) is 45.2 Å². The Bertz CT molecular complexity index is 1010. The molecule has 1 aromatic carbocycles. The second kappa shape index (κ2) is 7.47. The zero-order chi connectivity index (χ0) is 19.9. The minimum Gasteiger partial charge on any atom is -0.355 e. The zero-order valence-electron chi connectivity index (χ0n) is 16.3. The number of benzene rings is 1. The Labute approximate surface area is 175 Å². The van der Waals surface area contributed by atoms with Crippen LogP contribution in [0, 0.1) is 0 Å². The predicted octanol–water partition coefficient (Wildman–Crippen LogP) is 4.92. The predicted molar refractivity (Wildman–Crippen MR) is 116 cm³/mol. The quantitative estimate of drug-likeness (QED) is 0.607. The van der Waals surface area contributed by atoms with Gasteiger partial charge in [0.15, 0.2) is 5.65 Å². The van der Waals surface area contributed by atoms with Gasteiger partial charge in [0.2, 0.25) is 0 Å². The molecule has 3 heterocycles. The maximum atomic E-state index is 6.33. The Balaban J connectivity index is 1.60. The van der Waals surface area contributed by atoms with Gasteiger partial charge in [0.05, 0.1) is 21.9 Å². The van der Waals surface area contributed by atoms with Gasteiger partial charge in [-0.05, 0) is 52.1 Å². The summed E-state index contributed by atoms with van der Waals surface area (Å²) in [7, 11) is 4.31. The Morgan fingerprint density at radius 1 is 1.04 bits per heavy atom. The van der Waals surface area contributed by atoms with Crippen molar-refractivity contribution in [2.24, 2.45) is 0 Å². The molecule has 1 aliphatic heterocycles. The van der Waals surface area contributed by atoms with Crippen LogP contribution in [0.4, 0.5) is 5.82 Å². The maximum absolute atomic E-state index is 6.33. The summed E-state index contributed by atoms with van der Waals surface area (Å²) in [6.45, 7) is 4.26. The van der Waals surface area contributed by atoms with E-state index in [1.54, 1.807) is 6.07 Å². The normalized spacial score (nSPS) is 16.7. The molecule has 0 atom stereocenters. The highest BCUT2D eigenvalue weighted by atomic mass is 35.5. The van der Waals surface area contributed by atoms with Crippen molar-refractivity contribution in [3.63, 3.8) is 0 Å². The van der Waals surface area contributed by atoms with E-state index >= 15 is 0 Å². The molecule has 3 aromatic rings. The molecule has 0 amide bonds. The van der Waals surface area contributed by atoms with Crippen LogP contribution in [0.25, 0.3) is 22.4 Å². The van der Waals surface area contributed by atoms with Crippen LogP contribution in [0.15, 0.2) is 36.5 Å². The van der Waals surface area contributed by atoms with Crippen LogP contribution in [0.5, 0.6) is 0 Å². The van der Waals surface area contributed by atoms with Crippen molar-refractivity contribution in [3.8, 4) is 11.3 Å². The molecular formula is C21H23Cl2N5. The lowest BCUT2D eigenvalue weighted by Crippen LogP contribution is -2.50. The van der Waals surface area contributed by atoms with Crippen LogP contribution in [0.1, 0.15) is 19.8 Å². The summed E-state index contributed by atoms with van der Waals surface area (Å²) in [6, 6.07) is 9.39. The van der Waals surface area contributed by atoms with Gasteiger partial charge in [0.25, 0.3) is 0 Å². The number of pyridine rings is 1. The first-order chi connectivity index (χ1) is 13.4. The van der Waals surface area contributed by atoms with Crippen molar-refractivity contribution in [2.45, 2.75) is 25.3 Å². The van der Waals surface area contributed by atoms with E-state index in [-0.39, 0.29) is 5.54 Å². The number of halogens is 2. The third-order valence-electron chi connectivity index (χ3n) is 5.86. The molecule has 28 heavy (non-hydrogen) atoms. The largest absolute Gasteiger partial charge is 0.355 e. The summed E-state index contributed by atoms with van der Waals surface area (Å²) in [5.41, 5.74) is 3.16. The highest BCUT2D eigenvalue weighted by Gasteiger charge is 2.32. The third kappa shape index (κ3) is 3.54. The van der Waals surface area contributed by atoms with Crippen molar-refractivity contribution in [1.29, 1.82) is 0 Å². The lowest BCUT2D eigenvalue weighted by Gasteiger charge is -2.44. The number of rotatable bonds is 3. The first-order valence-electron chi connectivity index (χ1n) is 9.38. The van der Waals surface area contributed by atoms with E-state index in [0.29, 0.717) is 15.7 Å². The number of hydrogen-bond donors (Lipinski definition) is 0. The van der Waals surface area contributed by atoms with Crippen LogP contribution in [-0.4, -0.2) is 52.6 Å². The molecule has 146 valence electrons. The SMILES string of the molecule is CN(C)C1(C)CCN(c2cnc3nc(-c4cccc(Cl)c4Cl)ccc3n2)CC1. The molecule has 1 aliphatic rings. The van der Waals surface area contributed by atoms with E-state index in [1.807, 2.05) is 30.5 Å². The smallest absolute Gasteiger partial charge is 0.178 e. The fourth-order valence-corrected chi connectivity index (χ4v) is 3.96. The molecular weight excluding hydrogens is 393 g/mol. The Hall–Kier alpha value is -1.95. The van der Waals surface area contributed by atoms with Gasteiger partial charge in [-0.2, -0.15) is 0 Å². The summed E-state index contributed by atoms with van der Waals surface area (Å²) in [4.78, 5) is 18.6. The van der Waals surface area contributed by atoms with E-state index in [1.165, 1.54) is 0 Å². The molecule has 0 aliphatic carbocycles. The Morgan fingerprint density at radius 3 is 2.50 bits per heavy atom. The van der Waals surface area contributed by atoms with Crippen LogP contribution < -0.4 is 4.90 Å². The Morgan fingerprint density at radius 2 is 1.79 bits per heavy atom. The van der Waals surface area contributed by atoms with Crippen molar-refractivity contribution in [2.75, 3.05) is 32.1 Å². The average Bonchev–Trinajstić information content (AvgIpc) is 2.70. The van der Waals surface area contributed by atoms with Gasteiger partial charge in [-0.25, -0.2) is 15.0 Å². The molecule has 5 nitrogen and oxygen atoms in total. The van der Waals surface area contributed by atoms with E-state index in [4.69, 9.17) is 28.2 Å². The third-order valence-corrected chi connectivity index (χ3v) is 6.68. The molecule has 4 rings (SSSR count). The van der Waals surface area contributed by atoms with Crippen LogP contribution in [0.2, 0.25) is 10.0 Å². The summed E-state index contributed by atoms with van der Waals surface area (Å²) in [5.74, 6) is 0.906. The van der Waals surface area contributed by atoms with Crippen molar-refractivity contribution >= 4 is 40.2 Å². The molecule has 0 unspecified atom stereocenters. The average molecular weight is 416 g/mol. The minimum absolute atomic E-state index is 0.244. The summed E-state index contributed by atoms with van der Waals surface area (Å²) < 4.78 is 0. The number of fused-ring (bicyclic) bond motifs is 1. The van der Waals surface area contributed by atoms with E-state index < -0.39 is 0 Å². The van der Waals surface area contributed by atoms with Crippen molar-refractivity contribution in [1.82, 2.24) is 19.9 Å². The van der Waals surface area contributed by atoms with Gasteiger partial charge >= 0.3 is 0 Å². The molecule has 1 fully saturated rings. The van der Waals surface area contributed by atoms with E-state index in [0.717, 1.165) is 48.5 Å². The molecule has 0 spiro atoms. The number of hydrogen-bond acceptors (Lipinski definition) is 5. The molecule has 0 bridgehead atoms. The van der Waals surface area contributed by atoms with Gasteiger partial charge in [-0.3, -0.25) is 0 Å². The van der Waals surface area contributed by atoms with Gasteiger partial charge in [-0.1, -0.05) is 35.3 Å². The Kier molecular flexibility index (Phi) is 5.17. The maximum Gasteiger partial charge on any atom is 0.178 e. The molecule has 0 saturated carbocycles. The van der Waals surface area contributed by atoms with E-state index in [9.17, 15) is 0 Å². The van der Waals surface area contributed by atoms with Crippen LogP contribution in [-0.2, 0) is 0 Å². The van der Waals surface area contributed by atoms with Gasteiger partial charge < -0.3 is 9.80 Å². The summed E-state index contributed by atoms with van der Waals surface area (Å²) >= 11 is 12.5. The first kappa shape index (κ1) is 19.4. The molecule has 2 aromatic heterocycles. The highest BCUT2D eigenvalue weighted by Crippen LogP contribution is 2.33. The number of aromatic nitrogens is 3. The fraction of sp³-hybridized carbons (Fsp3) is 0.381. The highest BCUT2D eigenvalue weighted by molar-refractivity contribution is 6.43. The number of anilines is 1. The standard InChI is InChI=1S/C21H23Cl2N5/c1-21(27(2)3)9-11-28(12-10-21)18-13-24-20-17(25-18)8-7-16(26-20)14-5-4-6-15(22)19(14)23/h4-8,13H,9-12H2,1-3H3. The van der Waals surface area contributed by atoms with Crippen LogP contribution in [0.3, 0.4) is 0 Å². The zero-order valence-corrected chi connectivity index (χ0v) is 17.8. The monoisotopic (exact) mass is 415 g/mol. The lowest BCUT2D eigenvalue weighted by atomic mass is 9.88. The summed E-state index contributed by atoms with van der Waals surface area (Å²) in [6.07, 6.45) is 4.02. The van der Waals surface area contributed by atoms with Gasteiger partial charge in [0.1, 0.15) is 11.3 Å². The number of piperidine rings is 1. The van der Waals surface area contributed by atoms with Gasteiger partial charge in [-0.15, -0.1) is 0 Å². The first-order valence-corrected chi connectivity index (χ1v) is 10.1. The number of nitrogens with zero attached hydrogens (tertiary/aromatic N) is 5. The molecule has 7 heteroatoms. The fourth-order valence-electron chi connectivity index (χ4n) is 3.56. The molecule has 0 N–H and O–H groups in total. The van der Waals surface area contributed by atoms with Gasteiger partial charge in [0, 0.05) is 24.2 Å². The summed E-state index contributed by atoms with van der Waals surface area (Å²) in [5, 5.41) is 1.01. The molecule has 1 saturated heterocycles. The van der Waals surface area contributed by atoms with Crippen molar-refractivity contribution < 1.29 is 0 Å². The molecule has 0 radical (unpaired) electrons. The van der Waals surface area contributed by atoms with Crippen LogP contribution >= 0.6 is 23.2 Å². The minimum atomic E-state index is 0.244. The van der Waals surface area contributed by atoms with E-state index in [2.05, 4.69) is 40.8 Å². The lowest BCUT2D eigenvalue weighted by molar-refractivity contribution is 0.137. The second-order valence-corrected chi connectivity index (χ2v) is 8.53. The van der Waals surface area contributed by atoms with Crippen molar-refractivity contribution in [3.05, 3.63) is 46.6 Å². The second-order valence-electron chi connectivity index (χ2n) is 7.75.